The number of para-hydroxylation sites is 1. The summed E-state index contributed by atoms with van der Waals surface area (Å²) in [5.41, 5.74) is 0.778. The zero-order valence-corrected chi connectivity index (χ0v) is 12.1. The van der Waals surface area contributed by atoms with Crippen LogP contribution in [0.4, 0.5) is 0 Å². The number of benzene rings is 2. The summed E-state index contributed by atoms with van der Waals surface area (Å²) in [6.45, 7) is 0. The number of fused-ring (bicyclic) bond motifs is 1. The Morgan fingerprint density at radius 2 is 1.77 bits per heavy atom. The minimum Gasteiger partial charge on any atom is -0.507 e. The second-order valence-electron chi connectivity index (χ2n) is 4.67. The van der Waals surface area contributed by atoms with Crippen LogP contribution in [0.15, 0.2) is 51.9 Å². The molecule has 0 aliphatic rings. The van der Waals surface area contributed by atoms with E-state index in [1.807, 2.05) is 0 Å². The fourth-order valence-electron chi connectivity index (χ4n) is 2.40. The average Bonchev–Trinajstić information content (AvgIpc) is 2.55. The lowest BCUT2D eigenvalue weighted by atomic mass is 10.0. The van der Waals surface area contributed by atoms with Crippen molar-refractivity contribution >= 4 is 11.0 Å². The van der Waals surface area contributed by atoms with Gasteiger partial charge in [-0.2, -0.15) is 0 Å². The summed E-state index contributed by atoms with van der Waals surface area (Å²) in [4.78, 5) is 12.7. The van der Waals surface area contributed by atoms with E-state index >= 15 is 0 Å². The van der Waals surface area contributed by atoms with Crippen LogP contribution in [0.2, 0.25) is 0 Å². The van der Waals surface area contributed by atoms with E-state index in [1.165, 1.54) is 26.5 Å². The first-order valence-corrected chi connectivity index (χ1v) is 6.62. The molecule has 0 saturated carbocycles. The Bertz CT molecular complexity index is 895. The first-order chi connectivity index (χ1) is 10.7. The number of phenols is 1. The number of methoxy groups -OCH3 is 2. The Labute approximate surface area is 126 Å². The highest BCUT2D eigenvalue weighted by Crippen LogP contribution is 2.36. The maximum Gasteiger partial charge on any atom is 0.204 e. The van der Waals surface area contributed by atoms with Gasteiger partial charge in [0.15, 0.2) is 11.3 Å². The van der Waals surface area contributed by atoms with Crippen molar-refractivity contribution in [1.82, 2.24) is 0 Å². The number of hydrogen-bond donors (Lipinski definition) is 1. The Hall–Kier alpha value is -2.95. The lowest BCUT2D eigenvalue weighted by Crippen LogP contribution is -2.06. The van der Waals surface area contributed by atoms with Crippen molar-refractivity contribution in [3.05, 3.63) is 52.9 Å². The molecule has 5 heteroatoms. The smallest absolute Gasteiger partial charge is 0.204 e. The predicted octanol–water partition coefficient (Wildman–Crippen LogP) is 3.18. The van der Waals surface area contributed by atoms with Gasteiger partial charge in [-0.25, -0.2) is 0 Å². The molecule has 0 aliphatic carbocycles. The van der Waals surface area contributed by atoms with E-state index in [0.29, 0.717) is 28.0 Å². The fraction of sp³-hybridized carbons (Fsp3) is 0.118. The summed E-state index contributed by atoms with van der Waals surface area (Å²) < 4.78 is 16.0. The Kier molecular flexibility index (Phi) is 3.47. The summed E-state index contributed by atoms with van der Waals surface area (Å²) in [6, 6.07) is 9.88. The molecule has 0 fully saturated rings. The number of rotatable bonds is 3. The van der Waals surface area contributed by atoms with E-state index in [-0.39, 0.29) is 16.7 Å². The van der Waals surface area contributed by atoms with E-state index in [2.05, 4.69) is 0 Å². The molecule has 0 radical (unpaired) electrons. The van der Waals surface area contributed by atoms with Crippen molar-refractivity contribution in [2.75, 3.05) is 14.2 Å². The minimum absolute atomic E-state index is 0.0228. The number of phenolic OH excluding ortho intramolecular Hbond substituents is 1. The molecule has 0 aliphatic heterocycles. The van der Waals surface area contributed by atoms with Crippen molar-refractivity contribution in [3.8, 4) is 28.4 Å². The quantitative estimate of drug-likeness (QED) is 0.804. The molecule has 1 N–H and O–H groups in total. The van der Waals surface area contributed by atoms with Crippen molar-refractivity contribution in [3.63, 3.8) is 0 Å². The second-order valence-corrected chi connectivity index (χ2v) is 4.67. The van der Waals surface area contributed by atoms with Crippen LogP contribution in [0, 0.1) is 0 Å². The van der Waals surface area contributed by atoms with Crippen molar-refractivity contribution in [2.45, 2.75) is 0 Å². The van der Waals surface area contributed by atoms with Gasteiger partial charge >= 0.3 is 0 Å². The normalized spacial score (nSPS) is 10.6. The molecular weight excluding hydrogens is 284 g/mol. The SMILES string of the molecule is COc1ccc2c(=O)c(-c3ccccc3O)coc2c1OC. The highest BCUT2D eigenvalue weighted by molar-refractivity contribution is 5.88. The molecule has 0 unspecified atom stereocenters. The molecule has 1 heterocycles. The summed E-state index contributed by atoms with van der Waals surface area (Å²) >= 11 is 0. The zero-order chi connectivity index (χ0) is 15.7. The van der Waals surface area contributed by atoms with Crippen molar-refractivity contribution in [2.24, 2.45) is 0 Å². The van der Waals surface area contributed by atoms with Gasteiger partial charge in [-0.05, 0) is 18.2 Å². The van der Waals surface area contributed by atoms with E-state index in [9.17, 15) is 9.90 Å². The van der Waals surface area contributed by atoms with Crippen molar-refractivity contribution < 1.29 is 19.0 Å². The van der Waals surface area contributed by atoms with Gasteiger partial charge in [0.05, 0.1) is 25.2 Å². The molecule has 0 atom stereocenters. The van der Waals surface area contributed by atoms with Crippen LogP contribution in [0.25, 0.3) is 22.1 Å². The average molecular weight is 298 g/mol. The largest absolute Gasteiger partial charge is 0.507 e. The van der Waals surface area contributed by atoms with Crippen LogP contribution in [0.1, 0.15) is 0 Å². The monoisotopic (exact) mass is 298 g/mol. The first kappa shape index (κ1) is 14.0. The zero-order valence-electron chi connectivity index (χ0n) is 12.1. The van der Waals surface area contributed by atoms with Gasteiger partial charge in [-0.1, -0.05) is 18.2 Å². The van der Waals surface area contributed by atoms with E-state index in [1.54, 1.807) is 30.3 Å². The number of aromatic hydroxyl groups is 1. The van der Waals surface area contributed by atoms with Crippen LogP contribution in [-0.2, 0) is 0 Å². The second kappa shape index (κ2) is 5.44. The van der Waals surface area contributed by atoms with Gasteiger partial charge in [0.1, 0.15) is 12.0 Å². The highest BCUT2D eigenvalue weighted by Gasteiger charge is 2.17. The third-order valence-corrected chi connectivity index (χ3v) is 3.48. The Morgan fingerprint density at radius 3 is 2.45 bits per heavy atom. The van der Waals surface area contributed by atoms with Gasteiger partial charge in [-0.15, -0.1) is 0 Å². The maximum absolute atomic E-state index is 12.7. The van der Waals surface area contributed by atoms with Gasteiger partial charge in [-0.3, -0.25) is 4.79 Å². The molecule has 3 aromatic rings. The van der Waals surface area contributed by atoms with Crippen LogP contribution in [-0.4, -0.2) is 19.3 Å². The predicted molar refractivity (Wildman–Crippen MR) is 82.7 cm³/mol. The minimum atomic E-state index is -0.247. The fourth-order valence-corrected chi connectivity index (χ4v) is 2.40. The third-order valence-electron chi connectivity index (χ3n) is 3.48. The topological polar surface area (TPSA) is 68.9 Å². The maximum atomic E-state index is 12.7. The van der Waals surface area contributed by atoms with Crippen LogP contribution < -0.4 is 14.9 Å². The van der Waals surface area contributed by atoms with Crippen LogP contribution >= 0.6 is 0 Å². The van der Waals surface area contributed by atoms with E-state index in [4.69, 9.17) is 13.9 Å². The third kappa shape index (κ3) is 2.07. The van der Waals surface area contributed by atoms with Gasteiger partial charge in [0.25, 0.3) is 0 Å². The number of ether oxygens (including phenoxy) is 2. The van der Waals surface area contributed by atoms with Crippen molar-refractivity contribution in [1.29, 1.82) is 0 Å². The van der Waals surface area contributed by atoms with E-state index < -0.39 is 0 Å². The van der Waals surface area contributed by atoms with Gasteiger partial charge in [0, 0.05) is 5.56 Å². The molecule has 2 aromatic carbocycles. The Morgan fingerprint density at radius 1 is 1.00 bits per heavy atom. The molecule has 22 heavy (non-hydrogen) atoms. The standard InChI is InChI=1S/C17H14O5/c1-20-14-8-7-11-15(19)12(9-22-16(11)17(14)21-2)10-5-3-4-6-13(10)18/h3-9,18H,1-2H3. The lowest BCUT2D eigenvalue weighted by Gasteiger charge is -2.10. The lowest BCUT2D eigenvalue weighted by molar-refractivity contribution is 0.353. The highest BCUT2D eigenvalue weighted by atomic mass is 16.5. The summed E-state index contributed by atoms with van der Waals surface area (Å²) in [6.07, 6.45) is 1.32. The first-order valence-electron chi connectivity index (χ1n) is 6.62. The molecule has 0 spiro atoms. The molecule has 3 rings (SSSR count). The van der Waals surface area contributed by atoms with Crippen LogP contribution in [0.5, 0.6) is 17.2 Å². The van der Waals surface area contributed by atoms with Crippen LogP contribution in [0.3, 0.4) is 0 Å². The summed E-state index contributed by atoms with van der Waals surface area (Å²) in [5, 5.41) is 10.3. The molecule has 112 valence electrons. The van der Waals surface area contributed by atoms with E-state index in [0.717, 1.165) is 0 Å². The number of hydrogen-bond acceptors (Lipinski definition) is 5. The summed E-state index contributed by atoms with van der Waals surface area (Å²) in [5.74, 6) is 0.865. The molecule has 5 nitrogen and oxygen atoms in total. The summed E-state index contributed by atoms with van der Waals surface area (Å²) in [7, 11) is 2.99. The van der Waals surface area contributed by atoms with Gasteiger partial charge in [0.2, 0.25) is 11.2 Å². The Balaban J connectivity index is 2.32. The molecule has 0 bridgehead atoms. The molecule has 0 amide bonds. The molecule has 1 aromatic heterocycles. The molecule has 0 saturated heterocycles. The molecular formula is C17H14O5. The van der Waals surface area contributed by atoms with Gasteiger partial charge < -0.3 is 19.0 Å².